The van der Waals surface area contributed by atoms with E-state index in [0.29, 0.717) is 12.1 Å². The standard InChI is InChI=1S/C18H18N2O5S/c1-12-11-24-17(13-5-3-2-4-6-13)10-20(12)26(22,23)14-7-8-15-16(9-14)25-18(21)19-15/h2-9,12,17H,10-11H2,1H3,(H,19,21). The Morgan fingerprint density at radius 1 is 1.15 bits per heavy atom. The van der Waals surface area contributed by atoms with Crippen molar-refractivity contribution < 1.29 is 17.6 Å². The first kappa shape index (κ1) is 17.0. The molecule has 136 valence electrons. The fourth-order valence-corrected chi connectivity index (χ4v) is 4.79. The molecule has 1 fully saturated rings. The monoisotopic (exact) mass is 374 g/mol. The van der Waals surface area contributed by atoms with E-state index in [1.165, 1.54) is 22.5 Å². The fraction of sp³-hybridized carbons (Fsp3) is 0.278. The van der Waals surface area contributed by atoms with Crippen molar-refractivity contribution in [3.8, 4) is 0 Å². The smallest absolute Gasteiger partial charge is 0.408 e. The van der Waals surface area contributed by atoms with Crippen LogP contribution >= 0.6 is 0 Å². The summed E-state index contributed by atoms with van der Waals surface area (Å²) in [5.74, 6) is -0.613. The molecule has 1 saturated heterocycles. The van der Waals surface area contributed by atoms with Crippen molar-refractivity contribution in [2.75, 3.05) is 13.2 Å². The van der Waals surface area contributed by atoms with E-state index in [-0.39, 0.29) is 29.2 Å². The molecule has 26 heavy (non-hydrogen) atoms. The molecule has 1 N–H and O–H groups in total. The predicted octanol–water partition coefficient (Wildman–Crippen LogP) is 2.27. The molecule has 1 aliphatic rings. The van der Waals surface area contributed by atoms with Crippen LogP contribution in [0.3, 0.4) is 0 Å². The Morgan fingerprint density at radius 3 is 2.69 bits per heavy atom. The van der Waals surface area contributed by atoms with Gasteiger partial charge in [-0.05, 0) is 24.6 Å². The van der Waals surface area contributed by atoms with Gasteiger partial charge in [0.2, 0.25) is 10.0 Å². The molecule has 3 aromatic rings. The van der Waals surface area contributed by atoms with Gasteiger partial charge >= 0.3 is 5.76 Å². The summed E-state index contributed by atoms with van der Waals surface area (Å²) in [4.78, 5) is 13.9. The third-order valence-corrected chi connectivity index (χ3v) is 6.52. The second-order valence-electron chi connectivity index (χ2n) is 6.33. The second kappa shape index (κ2) is 6.39. The first-order valence-electron chi connectivity index (χ1n) is 8.26. The van der Waals surface area contributed by atoms with Crippen molar-refractivity contribution in [1.29, 1.82) is 0 Å². The van der Waals surface area contributed by atoms with Crippen LogP contribution in [0.5, 0.6) is 0 Å². The topological polar surface area (TPSA) is 92.6 Å². The van der Waals surface area contributed by atoms with Crippen molar-refractivity contribution in [1.82, 2.24) is 9.29 Å². The summed E-state index contributed by atoms with van der Waals surface area (Å²) in [5, 5.41) is 0. The van der Waals surface area contributed by atoms with Gasteiger partial charge in [-0.25, -0.2) is 13.2 Å². The number of rotatable bonds is 3. The summed E-state index contributed by atoms with van der Waals surface area (Å²) >= 11 is 0. The number of oxazole rings is 1. The number of morpholine rings is 1. The normalized spacial score (nSPS) is 21.9. The molecule has 2 unspecified atom stereocenters. The molecule has 8 heteroatoms. The Balaban J connectivity index is 1.69. The van der Waals surface area contributed by atoms with Crippen LogP contribution in [0.15, 0.2) is 62.6 Å². The Morgan fingerprint density at radius 2 is 1.92 bits per heavy atom. The lowest BCUT2D eigenvalue weighted by molar-refractivity contribution is -0.0288. The molecular formula is C18H18N2O5S. The van der Waals surface area contributed by atoms with Crippen LogP contribution in [-0.4, -0.2) is 36.9 Å². The van der Waals surface area contributed by atoms with Gasteiger partial charge in [0, 0.05) is 18.7 Å². The van der Waals surface area contributed by atoms with Crippen molar-refractivity contribution in [2.45, 2.75) is 24.0 Å². The number of nitrogens with one attached hydrogen (secondary N) is 1. The van der Waals surface area contributed by atoms with Crippen molar-refractivity contribution in [3.05, 3.63) is 64.6 Å². The van der Waals surface area contributed by atoms with Crippen LogP contribution in [0.1, 0.15) is 18.6 Å². The fourth-order valence-electron chi connectivity index (χ4n) is 3.16. The molecule has 2 atom stereocenters. The third-order valence-electron chi connectivity index (χ3n) is 4.55. The number of fused-ring (bicyclic) bond motifs is 1. The first-order valence-corrected chi connectivity index (χ1v) is 9.70. The maximum atomic E-state index is 13.2. The van der Waals surface area contributed by atoms with Gasteiger partial charge in [0.15, 0.2) is 5.58 Å². The molecule has 0 bridgehead atoms. The molecule has 0 aliphatic carbocycles. The zero-order valence-electron chi connectivity index (χ0n) is 14.1. The van der Waals surface area contributed by atoms with Gasteiger partial charge in [-0.1, -0.05) is 30.3 Å². The molecule has 2 heterocycles. The molecule has 1 aliphatic heterocycles. The van der Waals surface area contributed by atoms with Crippen molar-refractivity contribution in [3.63, 3.8) is 0 Å². The molecule has 0 radical (unpaired) electrons. The summed E-state index contributed by atoms with van der Waals surface area (Å²) in [7, 11) is -3.76. The number of hydrogen-bond donors (Lipinski definition) is 1. The highest BCUT2D eigenvalue weighted by Gasteiger charge is 2.36. The Hall–Kier alpha value is -2.42. The van der Waals surface area contributed by atoms with Gasteiger partial charge < -0.3 is 9.15 Å². The number of hydrogen-bond acceptors (Lipinski definition) is 5. The minimum atomic E-state index is -3.76. The zero-order valence-corrected chi connectivity index (χ0v) is 14.9. The van der Waals surface area contributed by atoms with E-state index in [2.05, 4.69) is 4.98 Å². The highest BCUT2D eigenvalue weighted by molar-refractivity contribution is 7.89. The van der Waals surface area contributed by atoms with Crippen molar-refractivity contribution >= 4 is 21.1 Å². The highest BCUT2D eigenvalue weighted by Crippen LogP contribution is 2.30. The van der Waals surface area contributed by atoms with Crippen LogP contribution in [0, 0.1) is 0 Å². The first-order chi connectivity index (χ1) is 12.4. The van der Waals surface area contributed by atoms with E-state index in [9.17, 15) is 13.2 Å². The summed E-state index contributed by atoms with van der Waals surface area (Å²) in [6.07, 6.45) is -0.323. The molecule has 7 nitrogen and oxygen atoms in total. The number of sulfonamides is 1. The average molecular weight is 374 g/mol. The van der Waals surface area contributed by atoms with Gasteiger partial charge in [0.05, 0.1) is 23.1 Å². The maximum absolute atomic E-state index is 13.2. The number of benzene rings is 2. The lowest BCUT2D eigenvalue weighted by Gasteiger charge is -2.37. The van der Waals surface area contributed by atoms with Crippen molar-refractivity contribution in [2.24, 2.45) is 0 Å². The Kier molecular flexibility index (Phi) is 4.18. The maximum Gasteiger partial charge on any atom is 0.417 e. The number of nitrogens with zero attached hydrogens (tertiary/aromatic N) is 1. The number of aromatic nitrogens is 1. The van der Waals surface area contributed by atoms with Gasteiger partial charge in [0.25, 0.3) is 0 Å². The quantitative estimate of drug-likeness (QED) is 0.759. The van der Waals surface area contributed by atoms with Gasteiger partial charge in [-0.15, -0.1) is 0 Å². The van der Waals surface area contributed by atoms with Crippen LogP contribution in [0.4, 0.5) is 0 Å². The molecule has 0 spiro atoms. The largest absolute Gasteiger partial charge is 0.417 e. The summed E-state index contributed by atoms with van der Waals surface area (Å²) in [6.45, 7) is 2.34. The minimum absolute atomic E-state index is 0.0910. The van der Waals surface area contributed by atoms with E-state index in [1.807, 2.05) is 37.3 Å². The van der Waals surface area contributed by atoms with Crippen LogP contribution in [0.2, 0.25) is 0 Å². The lowest BCUT2D eigenvalue weighted by atomic mass is 10.1. The zero-order chi connectivity index (χ0) is 18.3. The van der Waals surface area contributed by atoms with Crippen LogP contribution in [0.25, 0.3) is 11.1 Å². The second-order valence-corrected chi connectivity index (χ2v) is 8.22. The summed E-state index contributed by atoms with van der Waals surface area (Å²) in [5.41, 5.74) is 1.62. The molecule has 4 rings (SSSR count). The molecule has 2 aromatic carbocycles. The summed E-state index contributed by atoms with van der Waals surface area (Å²) < 4.78 is 38.6. The lowest BCUT2D eigenvalue weighted by Crippen LogP contribution is -2.48. The van der Waals surface area contributed by atoms with E-state index in [0.717, 1.165) is 5.56 Å². The molecule has 0 amide bonds. The molecule has 1 aromatic heterocycles. The number of aromatic amines is 1. The van der Waals surface area contributed by atoms with E-state index in [4.69, 9.17) is 9.15 Å². The molecular weight excluding hydrogens is 356 g/mol. The van der Waals surface area contributed by atoms with Gasteiger partial charge in [0.1, 0.15) is 0 Å². The van der Waals surface area contributed by atoms with Crippen LogP contribution < -0.4 is 5.76 Å². The SMILES string of the molecule is CC1COC(c2ccccc2)CN1S(=O)(=O)c1ccc2[nH]c(=O)oc2c1. The molecule has 0 saturated carbocycles. The van der Waals surface area contributed by atoms with Gasteiger partial charge in [-0.2, -0.15) is 4.31 Å². The number of ether oxygens (including phenoxy) is 1. The van der Waals surface area contributed by atoms with E-state index < -0.39 is 15.8 Å². The van der Waals surface area contributed by atoms with Crippen LogP contribution in [-0.2, 0) is 14.8 Å². The third kappa shape index (κ3) is 2.96. The van der Waals surface area contributed by atoms with Gasteiger partial charge in [-0.3, -0.25) is 4.98 Å². The van der Waals surface area contributed by atoms with E-state index >= 15 is 0 Å². The Labute approximate surface area is 150 Å². The predicted molar refractivity (Wildman–Crippen MR) is 95.3 cm³/mol. The number of H-pyrrole nitrogens is 1. The average Bonchev–Trinajstić information content (AvgIpc) is 3.02. The Bertz CT molecular complexity index is 1090. The highest BCUT2D eigenvalue weighted by atomic mass is 32.2. The summed E-state index contributed by atoms with van der Waals surface area (Å²) in [6, 6.07) is 13.6. The van der Waals surface area contributed by atoms with E-state index in [1.54, 1.807) is 0 Å². The minimum Gasteiger partial charge on any atom is -0.408 e.